The predicted octanol–water partition coefficient (Wildman–Crippen LogP) is 4.84. The summed E-state index contributed by atoms with van der Waals surface area (Å²) in [5.74, 6) is 2.43. The molecule has 5 nitrogen and oxygen atoms in total. The molecule has 1 aromatic heterocycles. The van der Waals surface area contributed by atoms with Gasteiger partial charge in [0.05, 0.1) is 18.8 Å². The average Bonchev–Trinajstić information content (AvgIpc) is 3.24. The lowest BCUT2D eigenvalue weighted by molar-refractivity contribution is -0.145. The van der Waals surface area contributed by atoms with Crippen LogP contribution in [0.2, 0.25) is 5.02 Å². The zero-order valence-electron chi connectivity index (χ0n) is 18.4. The third kappa shape index (κ3) is 4.41. The number of hydrogen-bond donors (Lipinski definition) is 0. The van der Waals surface area contributed by atoms with Gasteiger partial charge in [-0.3, -0.25) is 9.69 Å². The van der Waals surface area contributed by atoms with Gasteiger partial charge in [-0.25, -0.2) is 0 Å². The third-order valence-corrected chi connectivity index (χ3v) is 7.49. The lowest BCUT2D eigenvalue weighted by atomic mass is 9.90. The minimum Gasteiger partial charge on any atom is -0.460 e. The molecule has 166 valence electrons. The first-order valence-corrected chi connectivity index (χ1v) is 11.8. The van der Waals surface area contributed by atoms with E-state index in [1.54, 1.807) is 0 Å². The second-order valence-electron chi connectivity index (χ2n) is 9.67. The van der Waals surface area contributed by atoms with Crippen LogP contribution in [0, 0.1) is 11.3 Å². The number of piperidine rings is 1. The van der Waals surface area contributed by atoms with Crippen molar-refractivity contribution < 1.29 is 13.9 Å². The molecule has 2 aliphatic heterocycles. The van der Waals surface area contributed by atoms with Crippen LogP contribution in [0.4, 0.5) is 0 Å². The molecular weight excluding hydrogens is 412 g/mol. The molecule has 1 spiro atoms. The van der Waals surface area contributed by atoms with Crippen molar-refractivity contribution in [1.82, 2.24) is 9.80 Å². The molecule has 2 saturated heterocycles. The van der Waals surface area contributed by atoms with Crippen LogP contribution >= 0.6 is 11.6 Å². The van der Waals surface area contributed by atoms with Gasteiger partial charge in [-0.1, -0.05) is 11.6 Å². The molecular formula is C25H31ClN2O3. The number of carbonyl (C=O) groups is 1. The molecule has 5 rings (SSSR count). The molecule has 1 aromatic carbocycles. The molecule has 3 fully saturated rings. The fourth-order valence-corrected chi connectivity index (χ4v) is 5.56. The highest BCUT2D eigenvalue weighted by Crippen LogP contribution is 2.60. The average molecular weight is 443 g/mol. The minimum absolute atomic E-state index is 0.135. The lowest BCUT2D eigenvalue weighted by Gasteiger charge is -2.37. The van der Waals surface area contributed by atoms with Crippen molar-refractivity contribution in [3.63, 3.8) is 0 Å². The summed E-state index contributed by atoms with van der Waals surface area (Å²) in [6.07, 6.45) is 3.53. The number of hydrogen-bond acceptors (Lipinski definition) is 4. The quantitative estimate of drug-likeness (QED) is 0.679. The summed E-state index contributed by atoms with van der Waals surface area (Å²) < 4.78 is 11.9. The van der Waals surface area contributed by atoms with Gasteiger partial charge in [-0.15, -0.1) is 0 Å². The van der Waals surface area contributed by atoms with Crippen LogP contribution < -0.4 is 0 Å². The maximum atomic E-state index is 13.1. The number of amides is 1. The van der Waals surface area contributed by atoms with Crippen LogP contribution in [0.5, 0.6) is 0 Å². The fraction of sp³-hybridized carbons (Fsp3) is 0.560. The number of benzene rings is 1. The van der Waals surface area contributed by atoms with Crippen LogP contribution in [0.15, 0.2) is 40.8 Å². The van der Waals surface area contributed by atoms with Crippen molar-refractivity contribution in [2.75, 3.05) is 26.2 Å². The summed E-state index contributed by atoms with van der Waals surface area (Å²) in [4.78, 5) is 17.6. The highest BCUT2D eigenvalue weighted by molar-refractivity contribution is 6.30. The Morgan fingerprint density at radius 2 is 1.74 bits per heavy atom. The predicted molar refractivity (Wildman–Crippen MR) is 121 cm³/mol. The van der Waals surface area contributed by atoms with Crippen LogP contribution in [0.25, 0.3) is 11.3 Å². The van der Waals surface area contributed by atoms with Gasteiger partial charge >= 0.3 is 0 Å². The Hall–Kier alpha value is -1.82. The van der Waals surface area contributed by atoms with Gasteiger partial charge < -0.3 is 14.1 Å². The lowest BCUT2D eigenvalue weighted by Crippen LogP contribution is -2.49. The molecule has 3 atom stereocenters. The van der Waals surface area contributed by atoms with Gasteiger partial charge in [0.25, 0.3) is 0 Å². The fourth-order valence-electron chi connectivity index (χ4n) is 5.44. The topological polar surface area (TPSA) is 45.9 Å². The van der Waals surface area contributed by atoms with Crippen LogP contribution in [-0.4, -0.2) is 54.1 Å². The number of ether oxygens (including phenoxy) is 1. The summed E-state index contributed by atoms with van der Waals surface area (Å²) >= 11 is 5.98. The van der Waals surface area contributed by atoms with Gasteiger partial charge in [0, 0.05) is 29.6 Å². The smallest absolute Gasteiger partial charge is 0.226 e. The zero-order chi connectivity index (χ0) is 21.6. The summed E-state index contributed by atoms with van der Waals surface area (Å²) in [6, 6.07) is 11.8. The van der Waals surface area contributed by atoms with E-state index in [-0.39, 0.29) is 23.5 Å². The Kier molecular flexibility index (Phi) is 5.61. The number of furan rings is 1. The molecule has 1 aliphatic carbocycles. The molecule has 0 radical (unpaired) electrons. The van der Waals surface area contributed by atoms with Gasteiger partial charge in [0.1, 0.15) is 11.5 Å². The van der Waals surface area contributed by atoms with E-state index in [4.69, 9.17) is 20.8 Å². The summed E-state index contributed by atoms with van der Waals surface area (Å²) in [6.45, 7) is 8.45. The Bertz CT molecular complexity index is 922. The second-order valence-corrected chi connectivity index (χ2v) is 10.1. The molecule has 2 aromatic rings. The van der Waals surface area contributed by atoms with E-state index >= 15 is 0 Å². The number of morpholine rings is 1. The van der Waals surface area contributed by atoms with Crippen molar-refractivity contribution in [1.29, 1.82) is 0 Å². The molecule has 1 saturated carbocycles. The maximum absolute atomic E-state index is 13.1. The highest BCUT2D eigenvalue weighted by Gasteiger charge is 2.59. The van der Waals surface area contributed by atoms with Crippen molar-refractivity contribution in [3.8, 4) is 11.3 Å². The third-order valence-electron chi connectivity index (χ3n) is 7.24. The normalized spacial score (nSPS) is 28.1. The van der Waals surface area contributed by atoms with Gasteiger partial charge in [-0.05, 0) is 88.0 Å². The van der Waals surface area contributed by atoms with Crippen molar-refractivity contribution in [3.05, 3.63) is 47.2 Å². The summed E-state index contributed by atoms with van der Waals surface area (Å²) in [5, 5.41) is 0.729. The molecule has 0 N–H and O–H groups in total. The standard InChI is InChI=1S/C25H31ClN2O3/c1-17-14-28(15-18(2)30-17)24(29)22-13-25(22)9-11-27(12-10-25)16-21-7-8-23(31-21)19-3-5-20(26)6-4-19/h3-8,17-18,22H,9-16H2,1-2H3/t17-,18+,22?. The first-order valence-electron chi connectivity index (χ1n) is 11.4. The van der Waals surface area contributed by atoms with E-state index in [1.807, 2.05) is 35.2 Å². The van der Waals surface area contributed by atoms with E-state index in [2.05, 4.69) is 24.8 Å². The van der Waals surface area contributed by atoms with E-state index < -0.39 is 0 Å². The van der Waals surface area contributed by atoms with Crippen molar-refractivity contribution in [2.45, 2.75) is 51.9 Å². The van der Waals surface area contributed by atoms with Crippen LogP contribution in [0.1, 0.15) is 38.9 Å². The SMILES string of the molecule is C[C@@H]1CN(C(=O)C2CC23CCN(Cc2ccc(-c4ccc(Cl)cc4)o2)CC3)C[C@H](C)O1. The first kappa shape index (κ1) is 21.0. The maximum Gasteiger partial charge on any atom is 0.226 e. The Morgan fingerprint density at radius 1 is 1.06 bits per heavy atom. The van der Waals surface area contributed by atoms with Crippen LogP contribution in [-0.2, 0) is 16.1 Å². The number of halogens is 1. The summed E-state index contributed by atoms with van der Waals surface area (Å²) in [5.41, 5.74) is 1.27. The van der Waals surface area contributed by atoms with Crippen molar-refractivity contribution >= 4 is 17.5 Å². The largest absolute Gasteiger partial charge is 0.460 e. The minimum atomic E-state index is 0.135. The second kappa shape index (κ2) is 8.27. The number of carbonyl (C=O) groups excluding carboxylic acids is 1. The molecule has 1 unspecified atom stereocenters. The van der Waals surface area contributed by atoms with E-state index in [1.165, 1.54) is 0 Å². The number of nitrogens with zero attached hydrogens (tertiary/aromatic N) is 2. The molecule has 1 amide bonds. The number of rotatable bonds is 4. The van der Waals surface area contributed by atoms with E-state index in [0.29, 0.717) is 5.91 Å². The van der Waals surface area contributed by atoms with Gasteiger partial charge in [0.2, 0.25) is 5.91 Å². The molecule has 31 heavy (non-hydrogen) atoms. The molecule has 6 heteroatoms. The van der Waals surface area contributed by atoms with E-state index in [0.717, 1.165) is 74.1 Å². The van der Waals surface area contributed by atoms with Crippen LogP contribution in [0.3, 0.4) is 0 Å². The molecule has 3 aliphatic rings. The molecule has 3 heterocycles. The van der Waals surface area contributed by atoms with Crippen molar-refractivity contribution in [2.24, 2.45) is 11.3 Å². The number of likely N-dealkylation sites (tertiary alicyclic amines) is 1. The Labute approximate surface area is 189 Å². The van der Waals surface area contributed by atoms with Gasteiger partial charge in [-0.2, -0.15) is 0 Å². The summed E-state index contributed by atoms with van der Waals surface area (Å²) in [7, 11) is 0. The Balaban J connectivity index is 1.14. The first-order chi connectivity index (χ1) is 14.9. The van der Waals surface area contributed by atoms with E-state index in [9.17, 15) is 4.79 Å². The van der Waals surface area contributed by atoms with Gasteiger partial charge in [0.15, 0.2) is 0 Å². The molecule has 0 bridgehead atoms. The monoisotopic (exact) mass is 442 g/mol. The zero-order valence-corrected chi connectivity index (χ0v) is 19.1. The Morgan fingerprint density at radius 3 is 2.42 bits per heavy atom. The highest BCUT2D eigenvalue weighted by atomic mass is 35.5.